The highest BCUT2D eigenvalue weighted by molar-refractivity contribution is 5.93. The molecular weight excluding hydrogens is 344 g/mol. The van der Waals surface area contributed by atoms with Gasteiger partial charge in [-0.3, -0.25) is 0 Å². The smallest absolute Gasteiger partial charge is 0.342 e. The number of para-hydroxylation sites is 1. The van der Waals surface area contributed by atoms with Gasteiger partial charge in [0.15, 0.2) is 0 Å². The molecule has 0 aliphatic rings. The minimum atomic E-state index is -0.645. The van der Waals surface area contributed by atoms with E-state index in [1.165, 1.54) is 12.1 Å². The van der Waals surface area contributed by atoms with Crippen molar-refractivity contribution in [1.29, 1.82) is 0 Å². The van der Waals surface area contributed by atoms with E-state index in [1.54, 1.807) is 19.1 Å². The molecule has 27 heavy (non-hydrogen) atoms. The second kappa shape index (κ2) is 7.27. The maximum absolute atomic E-state index is 12.4. The van der Waals surface area contributed by atoms with Crippen LogP contribution in [0.3, 0.4) is 0 Å². The topological polar surface area (TPSA) is 76.7 Å². The minimum Gasteiger partial charge on any atom is -0.507 e. The number of phenolic OH excluding ortho intramolecular Hbond substituents is 1. The van der Waals surface area contributed by atoms with Crippen LogP contribution in [0.25, 0.3) is 11.0 Å². The van der Waals surface area contributed by atoms with E-state index in [1.807, 2.05) is 19.1 Å². The fraction of sp³-hybridized carbons (Fsp3) is 0.273. The standard InChI is InChI=1S/C22H22O5/c1-12(2)17-10-18-15(9-20(23)27-19(18)8-14(17)4)11-26-22(25)16-7-5-6-13(3)21(16)24/h5-10,12,24H,11H2,1-4H3. The molecule has 0 saturated carbocycles. The van der Waals surface area contributed by atoms with Gasteiger partial charge in [-0.1, -0.05) is 26.0 Å². The molecular formula is C22H22O5. The number of fused-ring (bicyclic) bond motifs is 1. The van der Waals surface area contributed by atoms with E-state index in [-0.39, 0.29) is 17.9 Å². The number of aromatic hydroxyl groups is 1. The van der Waals surface area contributed by atoms with Crippen molar-refractivity contribution >= 4 is 16.9 Å². The zero-order valence-corrected chi connectivity index (χ0v) is 15.8. The maximum atomic E-state index is 12.4. The summed E-state index contributed by atoms with van der Waals surface area (Å²) in [5.41, 5.74) is 3.41. The molecule has 0 radical (unpaired) electrons. The van der Waals surface area contributed by atoms with Crippen molar-refractivity contribution in [2.75, 3.05) is 0 Å². The van der Waals surface area contributed by atoms with Crippen LogP contribution in [0.4, 0.5) is 0 Å². The Morgan fingerprint density at radius 2 is 1.89 bits per heavy atom. The predicted octanol–water partition coefficient (Wildman–Crippen LogP) is 4.60. The monoisotopic (exact) mass is 366 g/mol. The zero-order chi connectivity index (χ0) is 19.7. The molecule has 0 saturated heterocycles. The molecule has 1 aromatic heterocycles. The van der Waals surface area contributed by atoms with Gasteiger partial charge in [-0.25, -0.2) is 9.59 Å². The Morgan fingerprint density at radius 3 is 2.59 bits per heavy atom. The van der Waals surface area contributed by atoms with Crippen LogP contribution in [-0.4, -0.2) is 11.1 Å². The third-order valence-corrected chi connectivity index (χ3v) is 4.66. The average Bonchev–Trinajstić information content (AvgIpc) is 2.60. The van der Waals surface area contributed by atoms with Crippen LogP contribution >= 0.6 is 0 Å². The molecule has 0 aliphatic carbocycles. The number of aryl methyl sites for hydroxylation is 2. The second-order valence-electron chi connectivity index (χ2n) is 7.00. The van der Waals surface area contributed by atoms with Crippen molar-refractivity contribution in [2.24, 2.45) is 0 Å². The lowest BCUT2D eigenvalue weighted by atomic mass is 9.95. The minimum absolute atomic E-state index is 0.0884. The van der Waals surface area contributed by atoms with Crippen LogP contribution in [0, 0.1) is 13.8 Å². The number of rotatable bonds is 4. The lowest BCUT2D eigenvalue weighted by Crippen LogP contribution is -2.09. The first-order valence-corrected chi connectivity index (χ1v) is 8.81. The molecule has 0 atom stereocenters. The Kier molecular flexibility index (Phi) is 5.04. The summed E-state index contributed by atoms with van der Waals surface area (Å²) in [6.45, 7) is 7.77. The first-order valence-electron chi connectivity index (χ1n) is 8.81. The van der Waals surface area contributed by atoms with Gasteiger partial charge >= 0.3 is 11.6 Å². The summed E-state index contributed by atoms with van der Waals surface area (Å²) < 4.78 is 10.7. The Balaban J connectivity index is 1.96. The molecule has 0 bridgehead atoms. The number of carbonyl (C=O) groups is 1. The lowest BCUT2D eigenvalue weighted by Gasteiger charge is -2.13. The third-order valence-electron chi connectivity index (χ3n) is 4.66. The molecule has 0 amide bonds. The number of benzene rings is 2. The van der Waals surface area contributed by atoms with E-state index >= 15 is 0 Å². The van der Waals surface area contributed by atoms with Gasteiger partial charge in [0.2, 0.25) is 0 Å². The molecule has 0 spiro atoms. The van der Waals surface area contributed by atoms with Crippen molar-refractivity contribution in [3.8, 4) is 5.75 Å². The van der Waals surface area contributed by atoms with Crippen molar-refractivity contribution in [2.45, 2.75) is 40.2 Å². The van der Waals surface area contributed by atoms with Gasteiger partial charge < -0.3 is 14.3 Å². The third kappa shape index (κ3) is 3.72. The van der Waals surface area contributed by atoms with Gasteiger partial charge in [0, 0.05) is 17.0 Å². The molecule has 0 unspecified atom stereocenters. The number of hydrogen-bond acceptors (Lipinski definition) is 5. The number of esters is 1. The lowest BCUT2D eigenvalue weighted by molar-refractivity contribution is 0.0470. The molecule has 3 rings (SSSR count). The van der Waals surface area contributed by atoms with E-state index in [9.17, 15) is 14.7 Å². The summed E-state index contributed by atoms with van der Waals surface area (Å²) in [5, 5.41) is 10.8. The van der Waals surface area contributed by atoms with Crippen molar-refractivity contribution < 1.29 is 19.1 Å². The summed E-state index contributed by atoms with van der Waals surface area (Å²) >= 11 is 0. The fourth-order valence-corrected chi connectivity index (χ4v) is 3.18. The largest absolute Gasteiger partial charge is 0.507 e. The Bertz CT molecular complexity index is 1080. The van der Waals surface area contributed by atoms with Crippen molar-refractivity contribution in [3.05, 3.63) is 74.6 Å². The van der Waals surface area contributed by atoms with Gasteiger partial charge in [-0.15, -0.1) is 0 Å². The number of carbonyl (C=O) groups excluding carboxylic acids is 1. The molecule has 5 nitrogen and oxygen atoms in total. The van der Waals surface area contributed by atoms with Crippen molar-refractivity contribution in [3.63, 3.8) is 0 Å². The van der Waals surface area contributed by atoms with Gasteiger partial charge in [0.1, 0.15) is 23.5 Å². The Labute approximate surface area is 157 Å². The molecule has 0 fully saturated rings. The predicted molar refractivity (Wildman–Crippen MR) is 103 cm³/mol. The van der Waals surface area contributed by atoms with Crippen LogP contribution in [0.1, 0.15) is 52.4 Å². The van der Waals surface area contributed by atoms with E-state index in [2.05, 4.69) is 13.8 Å². The molecule has 2 aromatic carbocycles. The highest BCUT2D eigenvalue weighted by atomic mass is 16.5. The zero-order valence-electron chi connectivity index (χ0n) is 15.8. The van der Waals surface area contributed by atoms with E-state index < -0.39 is 11.6 Å². The first kappa shape index (κ1) is 18.7. The summed E-state index contributed by atoms with van der Waals surface area (Å²) in [5.74, 6) is -0.438. The number of ether oxygens (including phenoxy) is 1. The molecule has 1 heterocycles. The fourth-order valence-electron chi connectivity index (χ4n) is 3.18. The Morgan fingerprint density at radius 1 is 1.15 bits per heavy atom. The van der Waals surface area contributed by atoms with Crippen molar-refractivity contribution in [1.82, 2.24) is 0 Å². The molecule has 3 aromatic rings. The Hall–Kier alpha value is -3.08. The van der Waals surface area contributed by atoms with E-state index in [0.29, 0.717) is 22.6 Å². The highest BCUT2D eigenvalue weighted by Gasteiger charge is 2.16. The number of hydrogen-bond donors (Lipinski definition) is 1. The summed E-state index contributed by atoms with van der Waals surface area (Å²) in [7, 11) is 0. The van der Waals surface area contributed by atoms with Gasteiger partial charge in [-0.05, 0) is 54.7 Å². The van der Waals surface area contributed by atoms with Gasteiger partial charge in [0.25, 0.3) is 0 Å². The molecule has 140 valence electrons. The molecule has 5 heteroatoms. The average molecular weight is 366 g/mol. The van der Waals surface area contributed by atoms with Gasteiger partial charge in [-0.2, -0.15) is 0 Å². The normalized spacial score (nSPS) is 11.1. The number of phenols is 1. The van der Waals surface area contributed by atoms with Crippen LogP contribution in [0.15, 0.2) is 45.6 Å². The summed E-state index contributed by atoms with van der Waals surface area (Å²) in [6, 6.07) is 10.0. The maximum Gasteiger partial charge on any atom is 0.342 e. The van der Waals surface area contributed by atoms with E-state index in [0.717, 1.165) is 16.5 Å². The second-order valence-corrected chi connectivity index (χ2v) is 7.00. The van der Waals surface area contributed by atoms with Gasteiger partial charge in [0.05, 0.1) is 0 Å². The van der Waals surface area contributed by atoms with E-state index in [4.69, 9.17) is 9.15 Å². The van der Waals surface area contributed by atoms with Crippen LogP contribution in [-0.2, 0) is 11.3 Å². The van der Waals surface area contributed by atoms with Crippen LogP contribution in [0.2, 0.25) is 0 Å². The quantitative estimate of drug-likeness (QED) is 0.539. The highest BCUT2D eigenvalue weighted by Crippen LogP contribution is 2.28. The SMILES string of the molecule is Cc1cc2oc(=O)cc(COC(=O)c3cccc(C)c3O)c2cc1C(C)C. The van der Waals surface area contributed by atoms with Crippen LogP contribution < -0.4 is 5.63 Å². The first-order chi connectivity index (χ1) is 12.8. The summed E-state index contributed by atoms with van der Waals surface area (Å²) in [4.78, 5) is 24.3. The molecule has 0 aliphatic heterocycles. The van der Waals surface area contributed by atoms with Crippen LogP contribution in [0.5, 0.6) is 5.75 Å². The summed E-state index contributed by atoms with van der Waals surface area (Å²) in [6.07, 6.45) is 0. The molecule has 1 N–H and O–H groups in total.